The average molecular weight is 402 g/mol. The molecular formula is C16H18BrClN2O3. The Hall–Kier alpha value is -1.08. The van der Waals surface area contributed by atoms with E-state index in [1.165, 1.54) is 0 Å². The third-order valence-corrected chi connectivity index (χ3v) is 4.66. The molecule has 1 unspecified atom stereocenters. The lowest BCUT2D eigenvalue weighted by Crippen LogP contribution is -2.15. The molecule has 2 aromatic rings. The molecule has 124 valence electrons. The Morgan fingerprint density at radius 3 is 3.04 bits per heavy atom. The van der Waals surface area contributed by atoms with Crippen LogP contribution in [0, 0.1) is 0 Å². The second-order valence-corrected chi connectivity index (χ2v) is 6.57. The molecule has 3 rings (SSSR count). The third kappa shape index (κ3) is 3.55. The van der Waals surface area contributed by atoms with E-state index in [-0.39, 0.29) is 12.9 Å². The highest BCUT2D eigenvalue weighted by Crippen LogP contribution is 2.33. The van der Waals surface area contributed by atoms with Crippen molar-refractivity contribution >= 4 is 27.5 Å². The second kappa shape index (κ2) is 7.21. The van der Waals surface area contributed by atoms with E-state index in [9.17, 15) is 0 Å². The minimum absolute atomic E-state index is 0.149. The van der Waals surface area contributed by atoms with Gasteiger partial charge >= 0.3 is 0 Å². The van der Waals surface area contributed by atoms with Gasteiger partial charge in [-0.05, 0) is 41.1 Å². The van der Waals surface area contributed by atoms with E-state index in [1.54, 1.807) is 7.11 Å². The molecule has 0 amide bonds. The monoisotopic (exact) mass is 400 g/mol. The summed E-state index contributed by atoms with van der Waals surface area (Å²) in [6.45, 7) is 3.71. The zero-order valence-corrected chi connectivity index (χ0v) is 15.4. The fraction of sp³-hybridized carbons (Fsp3) is 0.438. The lowest BCUT2D eigenvalue weighted by atomic mass is 10.2. The molecule has 23 heavy (non-hydrogen) atoms. The Kier molecular flexibility index (Phi) is 5.26. The predicted octanol–water partition coefficient (Wildman–Crippen LogP) is 3.91. The molecule has 0 N–H and O–H groups in total. The molecule has 0 spiro atoms. The summed E-state index contributed by atoms with van der Waals surface area (Å²) in [7, 11) is 1.57. The van der Waals surface area contributed by atoms with E-state index in [4.69, 9.17) is 25.8 Å². The van der Waals surface area contributed by atoms with E-state index in [0.717, 1.165) is 34.7 Å². The maximum absolute atomic E-state index is 6.31. The van der Waals surface area contributed by atoms with E-state index in [1.807, 2.05) is 18.2 Å². The zero-order valence-electron chi connectivity index (χ0n) is 13.0. The van der Waals surface area contributed by atoms with Gasteiger partial charge in [0.05, 0.1) is 30.0 Å². The highest BCUT2D eigenvalue weighted by atomic mass is 79.9. The van der Waals surface area contributed by atoms with Crippen molar-refractivity contribution in [1.29, 1.82) is 0 Å². The summed E-state index contributed by atoms with van der Waals surface area (Å²) in [6, 6.07) is 5.66. The number of benzene rings is 1. The molecule has 0 saturated heterocycles. The molecule has 0 bridgehead atoms. The highest BCUT2D eigenvalue weighted by Gasteiger charge is 2.22. The quantitative estimate of drug-likeness (QED) is 0.729. The van der Waals surface area contributed by atoms with Crippen molar-refractivity contribution in [2.75, 3.05) is 20.5 Å². The molecule has 1 aliphatic rings. The molecule has 0 saturated carbocycles. The summed E-state index contributed by atoms with van der Waals surface area (Å²) in [4.78, 5) is 4.67. The number of fused-ring (bicyclic) bond motifs is 1. The zero-order chi connectivity index (χ0) is 16.4. The first-order valence-corrected chi connectivity index (χ1v) is 8.55. The first-order valence-electron chi connectivity index (χ1n) is 7.38. The molecule has 5 nitrogen and oxygen atoms in total. The van der Waals surface area contributed by atoms with Gasteiger partial charge in [-0.2, -0.15) is 0 Å². The van der Waals surface area contributed by atoms with Gasteiger partial charge in [0.25, 0.3) is 0 Å². The van der Waals surface area contributed by atoms with Crippen LogP contribution in [0.15, 0.2) is 22.8 Å². The van der Waals surface area contributed by atoms with Crippen LogP contribution >= 0.6 is 27.5 Å². The van der Waals surface area contributed by atoms with Crippen molar-refractivity contribution in [3.63, 3.8) is 0 Å². The number of halogens is 2. The first-order chi connectivity index (χ1) is 11.1. The minimum Gasteiger partial charge on any atom is -0.466 e. The van der Waals surface area contributed by atoms with Gasteiger partial charge < -0.3 is 18.8 Å². The molecule has 1 aromatic carbocycles. The average Bonchev–Trinajstić information content (AvgIpc) is 2.70. The number of nitrogens with zero attached hydrogens (tertiary/aromatic N) is 2. The number of methoxy groups -OCH3 is 1. The van der Waals surface area contributed by atoms with Gasteiger partial charge in [0.15, 0.2) is 6.79 Å². The summed E-state index contributed by atoms with van der Waals surface area (Å²) in [5, 5.41) is 0.533. The van der Waals surface area contributed by atoms with Crippen molar-refractivity contribution in [1.82, 2.24) is 9.55 Å². The van der Waals surface area contributed by atoms with Crippen LogP contribution in [0.25, 0.3) is 11.4 Å². The van der Waals surface area contributed by atoms with Gasteiger partial charge in [0.1, 0.15) is 16.2 Å². The molecule has 1 aliphatic heterocycles. The number of hydrogen-bond donors (Lipinski definition) is 0. The van der Waals surface area contributed by atoms with E-state index in [0.29, 0.717) is 17.4 Å². The van der Waals surface area contributed by atoms with Gasteiger partial charge in [-0.3, -0.25) is 0 Å². The van der Waals surface area contributed by atoms with Gasteiger partial charge in [-0.15, -0.1) is 0 Å². The van der Waals surface area contributed by atoms with Gasteiger partial charge in [-0.1, -0.05) is 11.6 Å². The molecule has 2 heterocycles. The molecule has 0 aliphatic carbocycles. The summed E-state index contributed by atoms with van der Waals surface area (Å²) in [6.07, 6.45) is 0.983. The smallest absolute Gasteiger partial charge is 0.188 e. The minimum atomic E-state index is 0.149. The predicted molar refractivity (Wildman–Crippen MR) is 92.0 cm³/mol. The highest BCUT2D eigenvalue weighted by molar-refractivity contribution is 9.10. The Morgan fingerprint density at radius 1 is 1.48 bits per heavy atom. The number of imidazole rings is 1. The molecular weight excluding hydrogens is 384 g/mol. The van der Waals surface area contributed by atoms with Crippen LogP contribution < -0.4 is 4.74 Å². The Labute approximate surface area is 148 Å². The number of hydrogen-bond acceptors (Lipinski definition) is 4. The third-order valence-electron chi connectivity index (χ3n) is 3.73. The largest absolute Gasteiger partial charge is 0.466 e. The number of ether oxygens (including phenoxy) is 3. The molecule has 1 aromatic heterocycles. The summed E-state index contributed by atoms with van der Waals surface area (Å²) >= 11 is 9.87. The topological polar surface area (TPSA) is 45.5 Å². The van der Waals surface area contributed by atoms with E-state index >= 15 is 0 Å². The molecule has 7 heteroatoms. The van der Waals surface area contributed by atoms with Crippen LogP contribution in [0.3, 0.4) is 0 Å². The van der Waals surface area contributed by atoms with Crippen LogP contribution in [0.5, 0.6) is 5.75 Å². The van der Waals surface area contributed by atoms with Gasteiger partial charge in [-0.25, -0.2) is 4.98 Å². The van der Waals surface area contributed by atoms with Crippen molar-refractivity contribution in [3.05, 3.63) is 33.5 Å². The number of rotatable bonds is 4. The van der Waals surface area contributed by atoms with E-state index in [2.05, 4.69) is 32.4 Å². The Morgan fingerprint density at radius 2 is 2.30 bits per heavy atom. The summed E-state index contributed by atoms with van der Waals surface area (Å²) in [5.74, 6) is 1.47. The van der Waals surface area contributed by atoms with Crippen molar-refractivity contribution in [3.8, 4) is 17.1 Å². The van der Waals surface area contributed by atoms with Crippen LogP contribution in [0.1, 0.15) is 12.6 Å². The summed E-state index contributed by atoms with van der Waals surface area (Å²) < 4.78 is 19.1. The van der Waals surface area contributed by atoms with Gasteiger partial charge in [0, 0.05) is 19.1 Å². The standard InChI is InChI=1S/C16H18BrClN2O3/c1-10-8-20-13(5-6-22-10)15(17)19-16(20)11-3-4-14(12(18)7-11)23-9-21-2/h3-4,7,10H,5-6,8-9H2,1-2H3. The summed E-state index contributed by atoms with van der Waals surface area (Å²) in [5.41, 5.74) is 2.10. The van der Waals surface area contributed by atoms with Crippen LogP contribution in [-0.4, -0.2) is 36.2 Å². The maximum Gasteiger partial charge on any atom is 0.188 e. The lowest BCUT2D eigenvalue weighted by molar-refractivity contribution is 0.0512. The molecule has 0 fully saturated rings. The van der Waals surface area contributed by atoms with Crippen molar-refractivity contribution in [2.24, 2.45) is 0 Å². The maximum atomic E-state index is 6.31. The van der Waals surface area contributed by atoms with Gasteiger partial charge in [0.2, 0.25) is 0 Å². The SMILES string of the molecule is COCOc1ccc(-c2nc(Br)c3n2CC(C)OCC3)cc1Cl. The van der Waals surface area contributed by atoms with Crippen LogP contribution in [0.2, 0.25) is 5.02 Å². The second-order valence-electron chi connectivity index (χ2n) is 5.41. The molecule has 0 radical (unpaired) electrons. The molecule has 1 atom stereocenters. The Bertz CT molecular complexity index is 705. The first kappa shape index (κ1) is 16.8. The van der Waals surface area contributed by atoms with Crippen LogP contribution in [0.4, 0.5) is 0 Å². The van der Waals surface area contributed by atoms with Crippen molar-refractivity contribution in [2.45, 2.75) is 26.0 Å². The van der Waals surface area contributed by atoms with E-state index < -0.39 is 0 Å². The Balaban J connectivity index is 1.97. The number of aromatic nitrogens is 2. The normalized spacial score (nSPS) is 17.7. The lowest BCUT2D eigenvalue weighted by Gasteiger charge is -2.13. The van der Waals surface area contributed by atoms with Crippen LogP contribution in [-0.2, 0) is 22.4 Å². The fourth-order valence-electron chi connectivity index (χ4n) is 2.66. The fourth-order valence-corrected chi connectivity index (χ4v) is 3.47. The van der Waals surface area contributed by atoms with Crippen molar-refractivity contribution < 1.29 is 14.2 Å².